The van der Waals surface area contributed by atoms with E-state index in [4.69, 9.17) is 21.7 Å². The zero-order chi connectivity index (χ0) is 21.8. The van der Waals surface area contributed by atoms with Gasteiger partial charge in [0.2, 0.25) is 12.7 Å². The molecule has 2 aromatic carbocycles. The maximum absolute atomic E-state index is 12.9. The van der Waals surface area contributed by atoms with Gasteiger partial charge in [0.25, 0.3) is 5.91 Å². The molecule has 0 bridgehead atoms. The van der Waals surface area contributed by atoms with Gasteiger partial charge in [-0.2, -0.15) is 0 Å². The minimum absolute atomic E-state index is 0.0959. The summed E-state index contributed by atoms with van der Waals surface area (Å²) >= 11 is 6.58. The number of para-hydroxylation sites is 1. The van der Waals surface area contributed by atoms with Gasteiger partial charge in [0.05, 0.1) is 11.5 Å². The van der Waals surface area contributed by atoms with Gasteiger partial charge < -0.3 is 19.5 Å². The Morgan fingerprint density at radius 2 is 1.97 bits per heavy atom. The molecular formula is C22H20N2O5S2. The van der Waals surface area contributed by atoms with Crippen molar-refractivity contribution in [2.24, 2.45) is 0 Å². The number of carbonyl (C=O) groups excluding carboxylic acids is 2. The number of aliphatic hydroxyl groups is 1. The Balaban J connectivity index is 1.42. The van der Waals surface area contributed by atoms with Gasteiger partial charge in [0, 0.05) is 25.2 Å². The maximum atomic E-state index is 12.9. The molecular weight excluding hydrogens is 436 g/mol. The monoisotopic (exact) mass is 456 g/mol. The van der Waals surface area contributed by atoms with E-state index in [1.807, 2.05) is 30.3 Å². The Kier molecular flexibility index (Phi) is 6.55. The highest BCUT2D eigenvalue weighted by Crippen LogP contribution is 2.36. The summed E-state index contributed by atoms with van der Waals surface area (Å²) < 4.78 is 11.1. The van der Waals surface area contributed by atoms with Gasteiger partial charge in [-0.15, -0.1) is 0 Å². The first kappa shape index (κ1) is 21.4. The van der Waals surface area contributed by atoms with Gasteiger partial charge >= 0.3 is 0 Å². The molecule has 2 aliphatic rings. The fourth-order valence-corrected chi connectivity index (χ4v) is 4.60. The van der Waals surface area contributed by atoms with Crippen LogP contribution in [0.5, 0.6) is 11.5 Å². The minimum Gasteiger partial charge on any atom is -0.454 e. The lowest BCUT2D eigenvalue weighted by atomic mass is 10.2. The predicted octanol–water partition coefficient (Wildman–Crippen LogP) is 3.03. The van der Waals surface area contributed by atoms with Crippen LogP contribution in [0, 0.1) is 0 Å². The second-order valence-electron chi connectivity index (χ2n) is 6.80. The van der Waals surface area contributed by atoms with E-state index in [0.717, 1.165) is 5.56 Å². The van der Waals surface area contributed by atoms with E-state index in [-0.39, 0.29) is 44.7 Å². The fourth-order valence-electron chi connectivity index (χ4n) is 3.30. The molecule has 7 nitrogen and oxygen atoms in total. The van der Waals surface area contributed by atoms with Crippen molar-refractivity contribution in [3.63, 3.8) is 0 Å². The smallest absolute Gasteiger partial charge is 0.266 e. The van der Waals surface area contributed by atoms with Crippen molar-refractivity contribution in [1.82, 2.24) is 4.90 Å². The van der Waals surface area contributed by atoms with Gasteiger partial charge in [-0.3, -0.25) is 14.5 Å². The van der Waals surface area contributed by atoms with Crippen LogP contribution in [-0.4, -0.2) is 52.6 Å². The fraction of sp³-hybridized carbons (Fsp3) is 0.227. The summed E-state index contributed by atoms with van der Waals surface area (Å²) in [6.07, 6.45) is 1.85. The molecule has 2 aliphatic heterocycles. The van der Waals surface area contributed by atoms with Gasteiger partial charge in [-0.25, -0.2) is 0 Å². The second kappa shape index (κ2) is 9.51. The van der Waals surface area contributed by atoms with Crippen LogP contribution in [0.1, 0.15) is 12.0 Å². The summed E-state index contributed by atoms with van der Waals surface area (Å²) in [7, 11) is 0. The highest BCUT2D eigenvalue weighted by molar-refractivity contribution is 8.26. The van der Waals surface area contributed by atoms with Gasteiger partial charge in [0.1, 0.15) is 4.32 Å². The lowest BCUT2D eigenvalue weighted by Gasteiger charge is -2.23. The van der Waals surface area contributed by atoms with E-state index in [1.54, 1.807) is 24.3 Å². The van der Waals surface area contributed by atoms with Crippen molar-refractivity contribution < 1.29 is 24.2 Å². The predicted molar refractivity (Wildman–Crippen MR) is 123 cm³/mol. The van der Waals surface area contributed by atoms with Crippen molar-refractivity contribution in [2.75, 3.05) is 31.4 Å². The molecule has 1 N–H and O–H groups in total. The number of nitrogens with zero attached hydrogens (tertiary/aromatic N) is 2. The number of carbonyl (C=O) groups is 2. The average molecular weight is 457 g/mol. The minimum atomic E-state index is -0.228. The zero-order valence-corrected chi connectivity index (χ0v) is 18.2. The first-order valence-corrected chi connectivity index (χ1v) is 10.9. The third kappa shape index (κ3) is 4.73. The summed E-state index contributed by atoms with van der Waals surface area (Å²) in [5.74, 6) is 0.900. The van der Waals surface area contributed by atoms with Gasteiger partial charge in [-0.05, 0) is 35.9 Å². The third-order valence-corrected chi connectivity index (χ3v) is 6.19. The van der Waals surface area contributed by atoms with Crippen LogP contribution in [0.3, 0.4) is 0 Å². The molecule has 0 radical (unpaired) electrons. The molecule has 1 fully saturated rings. The summed E-state index contributed by atoms with van der Waals surface area (Å²) in [6.45, 7) is 0.396. The number of amides is 2. The number of thioether (sulfide) groups is 1. The van der Waals surface area contributed by atoms with Crippen LogP contribution >= 0.6 is 24.0 Å². The molecule has 9 heteroatoms. The zero-order valence-electron chi connectivity index (χ0n) is 16.5. The largest absolute Gasteiger partial charge is 0.454 e. The SMILES string of the molecule is O=C1C(=Cc2ccc3c(c2)OCO3)SC(=S)N1CCC(=O)N(CCO)c1ccccc1. The molecule has 31 heavy (non-hydrogen) atoms. The normalized spacial score (nSPS) is 16.3. The standard InChI is InChI=1S/C22H20N2O5S2/c25-11-10-23(16-4-2-1-3-5-16)20(26)8-9-24-21(27)19(31-22(24)30)13-15-6-7-17-18(12-15)29-14-28-17/h1-7,12-13,25H,8-11,14H2. The van der Waals surface area contributed by atoms with Crippen molar-refractivity contribution in [3.05, 3.63) is 59.0 Å². The summed E-state index contributed by atoms with van der Waals surface area (Å²) in [4.78, 5) is 29.1. The van der Waals surface area contributed by atoms with Crippen LogP contribution in [-0.2, 0) is 9.59 Å². The van der Waals surface area contributed by atoms with Crippen molar-refractivity contribution in [3.8, 4) is 11.5 Å². The molecule has 0 aliphatic carbocycles. The summed E-state index contributed by atoms with van der Waals surface area (Å²) in [5.41, 5.74) is 1.51. The Labute approximate surface area is 189 Å². The topological polar surface area (TPSA) is 79.3 Å². The molecule has 0 spiro atoms. The van der Waals surface area contributed by atoms with Crippen molar-refractivity contribution in [1.29, 1.82) is 0 Å². The van der Waals surface area contributed by atoms with E-state index >= 15 is 0 Å². The number of fused-ring (bicyclic) bond motifs is 1. The van der Waals surface area contributed by atoms with Crippen LogP contribution < -0.4 is 14.4 Å². The third-order valence-electron chi connectivity index (χ3n) is 4.81. The molecule has 4 rings (SSSR count). The Hall–Kier alpha value is -2.88. The molecule has 160 valence electrons. The van der Waals surface area contributed by atoms with Crippen LogP contribution in [0.4, 0.5) is 5.69 Å². The van der Waals surface area contributed by atoms with Crippen LogP contribution in [0.15, 0.2) is 53.4 Å². The Morgan fingerprint density at radius 3 is 2.74 bits per heavy atom. The summed E-state index contributed by atoms with van der Waals surface area (Å²) in [6, 6.07) is 14.6. The van der Waals surface area contributed by atoms with Gasteiger partial charge in [0.15, 0.2) is 11.5 Å². The van der Waals surface area contributed by atoms with Crippen LogP contribution in [0.25, 0.3) is 6.08 Å². The second-order valence-corrected chi connectivity index (χ2v) is 8.48. The molecule has 0 unspecified atom stereocenters. The molecule has 2 aromatic rings. The first-order valence-electron chi connectivity index (χ1n) is 9.68. The number of aliphatic hydroxyl groups excluding tert-OH is 1. The number of hydrogen-bond donors (Lipinski definition) is 1. The lowest BCUT2D eigenvalue weighted by Crippen LogP contribution is -2.37. The number of hydrogen-bond acceptors (Lipinski definition) is 7. The van der Waals surface area contributed by atoms with E-state index in [9.17, 15) is 14.7 Å². The van der Waals surface area contributed by atoms with E-state index in [0.29, 0.717) is 26.4 Å². The quantitative estimate of drug-likeness (QED) is 0.507. The first-order chi connectivity index (χ1) is 15.1. The van der Waals surface area contributed by atoms with E-state index in [1.165, 1.54) is 21.6 Å². The van der Waals surface area contributed by atoms with Crippen molar-refractivity contribution in [2.45, 2.75) is 6.42 Å². The number of benzene rings is 2. The molecule has 1 saturated heterocycles. The maximum Gasteiger partial charge on any atom is 0.266 e. The van der Waals surface area contributed by atoms with Gasteiger partial charge in [-0.1, -0.05) is 48.2 Å². The number of thiocarbonyl (C=S) groups is 1. The molecule has 0 saturated carbocycles. The summed E-state index contributed by atoms with van der Waals surface area (Å²) in [5, 5.41) is 9.34. The Bertz CT molecular complexity index is 1040. The number of rotatable bonds is 7. The molecule has 2 amide bonds. The highest BCUT2D eigenvalue weighted by Gasteiger charge is 2.32. The number of ether oxygens (including phenoxy) is 2. The molecule has 2 heterocycles. The highest BCUT2D eigenvalue weighted by atomic mass is 32.2. The van der Waals surface area contributed by atoms with E-state index in [2.05, 4.69) is 0 Å². The molecule has 0 aromatic heterocycles. The van der Waals surface area contributed by atoms with Crippen molar-refractivity contribution >= 4 is 51.9 Å². The molecule has 0 atom stereocenters. The van der Waals surface area contributed by atoms with E-state index < -0.39 is 0 Å². The number of anilines is 1. The Morgan fingerprint density at radius 1 is 1.19 bits per heavy atom. The lowest BCUT2D eigenvalue weighted by molar-refractivity contribution is -0.123. The average Bonchev–Trinajstić information content (AvgIpc) is 3.35. The van der Waals surface area contributed by atoms with Crippen LogP contribution in [0.2, 0.25) is 0 Å².